The van der Waals surface area contributed by atoms with Gasteiger partial charge >= 0.3 is 0 Å². The van der Waals surface area contributed by atoms with Crippen molar-refractivity contribution in [2.45, 2.75) is 40.7 Å². The largest absolute Gasteiger partial charge is 0.383 e. The summed E-state index contributed by atoms with van der Waals surface area (Å²) in [6.45, 7) is 9.32. The maximum absolute atomic E-state index is 14.8. The predicted octanol–water partition coefficient (Wildman–Crippen LogP) is 4.75. The Labute approximate surface area is 178 Å². The topological polar surface area (TPSA) is 66.5 Å². The Hall–Kier alpha value is -2.67. The highest BCUT2D eigenvalue weighted by molar-refractivity contribution is 7.88. The van der Waals surface area contributed by atoms with Crippen molar-refractivity contribution < 1.29 is 17.6 Å². The summed E-state index contributed by atoms with van der Waals surface area (Å²) in [6, 6.07) is 9.06. The SMILES string of the molecule is C/C(=C\c1cc(C)c(-c2ccc(NC(C)C)cc2F)cc1C)C(=O)N(C)S(C)(=O)=O. The second-order valence-corrected chi connectivity index (χ2v) is 9.89. The Morgan fingerprint density at radius 2 is 1.73 bits per heavy atom. The number of hydrogen-bond donors (Lipinski definition) is 1. The van der Waals surface area contributed by atoms with Crippen molar-refractivity contribution in [1.82, 2.24) is 4.31 Å². The maximum Gasteiger partial charge on any atom is 0.262 e. The Morgan fingerprint density at radius 3 is 2.27 bits per heavy atom. The zero-order valence-corrected chi connectivity index (χ0v) is 19.3. The number of amides is 1. The Bertz CT molecular complexity index is 1110. The highest BCUT2D eigenvalue weighted by Gasteiger charge is 2.20. The normalized spacial score (nSPS) is 12.2. The molecule has 0 radical (unpaired) electrons. The van der Waals surface area contributed by atoms with Gasteiger partial charge in [-0.2, -0.15) is 0 Å². The van der Waals surface area contributed by atoms with E-state index >= 15 is 0 Å². The Kier molecular flexibility index (Phi) is 7.08. The van der Waals surface area contributed by atoms with Crippen molar-refractivity contribution in [2.75, 3.05) is 18.6 Å². The number of rotatable bonds is 6. The zero-order chi connectivity index (χ0) is 22.8. The van der Waals surface area contributed by atoms with Gasteiger partial charge < -0.3 is 5.32 Å². The molecule has 0 saturated carbocycles. The maximum atomic E-state index is 14.8. The third-order valence-corrected chi connectivity index (χ3v) is 5.98. The third-order valence-electron chi connectivity index (χ3n) is 4.82. The fourth-order valence-electron chi connectivity index (χ4n) is 3.13. The summed E-state index contributed by atoms with van der Waals surface area (Å²) in [4.78, 5) is 12.4. The van der Waals surface area contributed by atoms with Gasteiger partial charge in [0.1, 0.15) is 5.82 Å². The van der Waals surface area contributed by atoms with Crippen LogP contribution in [-0.2, 0) is 14.8 Å². The van der Waals surface area contributed by atoms with Gasteiger partial charge in [0.2, 0.25) is 10.0 Å². The van der Waals surface area contributed by atoms with E-state index < -0.39 is 15.9 Å². The van der Waals surface area contributed by atoms with E-state index in [4.69, 9.17) is 0 Å². The number of likely N-dealkylation sites (N-methyl/N-ethyl adjacent to an activating group) is 1. The number of carbonyl (C=O) groups excluding carboxylic acids is 1. The minimum absolute atomic E-state index is 0.206. The molecule has 0 unspecified atom stereocenters. The third kappa shape index (κ3) is 5.48. The molecule has 5 nitrogen and oxygen atoms in total. The molecule has 0 atom stereocenters. The number of anilines is 1. The van der Waals surface area contributed by atoms with Crippen LogP contribution in [0, 0.1) is 19.7 Å². The van der Waals surface area contributed by atoms with Crippen molar-refractivity contribution in [3.63, 3.8) is 0 Å². The predicted molar refractivity (Wildman–Crippen MR) is 121 cm³/mol. The molecule has 162 valence electrons. The summed E-state index contributed by atoms with van der Waals surface area (Å²) < 4.78 is 38.7. The van der Waals surface area contributed by atoms with Gasteiger partial charge in [-0.15, -0.1) is 0 Å². The minimum atomic E-state index is -3.62. The van der Waals surface area contributed by atoms with Crippen molar-refractivity contribution in [3.05, 3.63) is 58.4 Å². The smallest absolute Gasteiger partial charge is 0.262 e. The summed E-state index contributed by atoms with van der Waals surface area (Å²) in [5.74, 6) is -0.898. The van der Waals surface area contributed by atoms with Crippen molar-refractivity contribution >= 4 is 27.7 Å². The number of benzene rings is 2. The van der Waals surface area contributed by atoms with Gasteiger partial charge in [0.15, 0.2) is 0 Å². The van der Waals surface area contributed by atoms with Crippen LogP contribution in [0.3, 0.4) is 0 Å². The van der Waals surface area contributed by atoms with Crippen LogP contribution in [-0.4, -0.2) is 38.0 Å². The highest BCUT2D eigenvalue weighted by atomic mass is 32.2. The number of nitrogens with one attached hydrogen (secondary N) is 1. The number of sulfonamides is 1. The lowest BCUT2D eigenvalue weighted by molar-refractivity contribution is -0.121. The molecule has 0 bridgehead atoms. The molecule has 1 N–H and O–H groups in total. The second kappa shape index (κ2) is 9.00. The van der Waals surface area contributed by atoms with Gasteiger partial charge in [-0.25, -0.2) is 17.1 Å². The number of halogens is 1. The molecule has 0 aliphatic heterocycles. The van der Waals surface area contributed by atoms with E-state index in [2.05, 4.69) is 5.32 Å². The second-order valence-electron chi connectivity index (χ2n) is 7.88. The zero-order valence-electron chi connectivity index (χ0n) is 18.5. The molecule has 2 aromatic rings. The van der Waals surface area contributed by atoms with Crippen LogP contribution in [0.1, 0.15) is 37.5 Å². The molecule has 0 saturated heterocycles. The van der Waals surface area contributed by atoms with E-state index in [1.165, 1.54) is 13.1 Å². The van der Waals surface area contributed by atoms with E-state index in [1.54, 1.807) is 19.1 Å². The monoisotopic (exact) mass is 432 g/mol. The summed E-state index contributed by atoms with van der Waals surface area (Å²) >= 11 is 0. The molecule has 0 spiro atoms. The van der Waals surface area contributed by atoms with E-state index in [0.717, 1.165) is 38.5 Å². The van der Waals surface area contributed by atoms with Crippen LogP contribution in [0.15, 0.2) is 35.9 Å². The molecule has 2 rings (SSSR count). The fourth-order valence-corrected chi connectivity index (χ4v) is 3.58. The Balaban J connectivity index is 2.42. The number of carbonyl (C=O) groups is 1. The first-order chi connectivity index (χ1) is 13.8. The van der Waals surface area contributed by atoms with Gasteiger partial charge in [0, 0.05) is 29.9 Å². The van der Waals surface area contributed by atoms with Gasteiger partial charge in [0.25, 0.3) is 5.91 Å². The van der Waals surface area contributed by atoms with Crippen LogP contribution >= 0.6 is 0 Å². The highest BCUT2D eigenvalue weighted by Crippen LogP contribution is 2.31. The lowest BCUT2D eigenvalue weighted by Crippen LogP contribution is -2.32. The van der Waals surface area contributed by atoms with Gasteiger partial charge in [-0.3, -0.25) is 4.79 Å². The van der Waals surface area contributed by atoms with Gasteiger partial charge in [0.05, 0.1) is 6.26 Å². The molecular weight excluding hydrogens is 403 g/mol. The molecule has 1 amide bonds. The average Bonchev–Trinajstić information content (AvgIpc) is 2.62. The first-order valence-electron chi connectivity index (χ1n) is 9.65. The molecule has 0 fully saturated rings. The molecule has 0 heterocycles. The van der Waals surface area contributed by atoms with Crippen LogP contribution < -0.4 is 5.32 Å². The minimum Gasteiger partial charge on any atom is -0.383 e. The summed E-state index contributed by atoms with van der Waals surface area (Å²) in [7, 11) is -2.39. The quantitative estimate of drug-likeness (QED) is 0.669. The van der Waals surface area contributed by atoms with Crippen molar-refractivity contribution in [2.24, 2.45) is 0 Å². The molecule has 0 aliphatic carbocycles. The summed E-state index contributed by atoms with van der Waals surface area (Å²) in [5, 5.41) is 3.18. The molecule has 0 aliphatic rings. The molecule has 0 aromatic heterocycles. The Morgan fingerprint density at radius 1 is 1.10 bits per heavy atom. The standard InChI is InChI=1S/C23H29FN2O3S/c1-14(2)25-19-8-9-20(22(24)13-19)21-12-15(3)18(10-16(21)4)11-17(5)23(27)26(6)30(7,28)29/h8-14,25H,1-7H3/b17-11+. The number of nitrogens with zero attached hydrogens (tertiary/aromatic N) is 1. The molecule has 7 heteroatoms. The number of hydrogen-bond acceptors (Lipinski definition) is 4. The first kappa shape index (κ1) is 23.6. The molecular formula is C23H29FN2O3S. The first-order valence-corrected chi connectivity index (χ1v) is 11.5. The van der Waals surface area contributed by atoms with E-state index in [-0.39, 0.29) is 11.9 Å². The molecule has 30 heavy (non-hydrogen) atoms. The fraction of sp³-hybridized carbons (Fsp3) is 0.348. The van der Waals surface area contributed by atoms with E-state index in [1.807, 2.05) is 45.9 Å². The van der Waals surface area contributed by atoms with Crippen molar-refractivity contribution in [3.8, 4) is 11.1 Å². The van der Waals surface area contributed by atoms with E-state index in [0.29, 0.717) is 11.1 Å². The van der Waals surface area contributed by atoms with Gasteiger partial charge in [-0.1, -0.05) is 12.1 Å². The van der Waals surface area contributed by atoms with Crippen molar-refractivity contribution in [1.29, 1.82) is 0 Å². The summed E-state index contributed by atoms with van der Waals surface area (Å²) in [5.41, 5.74) is 4.79. The number of aryl methyl sites for hydroxylation is 2. The lowest BCUT2D eigenvalue weighted by atomic mass is 9.93. The van der Waals surface area contributed by atoms with E-state index in [9.17, 15) is 17.6 Å². The molecule has 2 aromatic carbocycles. The lowest BCUT2D eigenvalue weighted by Gasteiger charge is -2.16. The van der Waals surface area contributed by atoms with Crippen LogP contribution in [0.5, 0.6) is 0 Å². The van der Waals surface area contributed by atoms with Crippen LogP contribution in [0.2, 0.25) is 0 Å². The van der Waals surface area contributed by atoms with Crippen LogP contribution in [0.25, 0.3) is 17.2 Å². The van der Waals surface area contributed by atoms with Gasteiger partial charge in [-0.05, 0) is 81.1 Å². The summed E-state index contributed by atoms with van der Waals surface area (Å²) in [6.07, 6.45) is 2.64. The average molecular weight is 433 g/mol. The van der Waals surface area contributed by atoms with Crippen LogP contribution in [0.4, 0.5) is 10.1 Å².